The maximum Gasteiger partial charge on any atom is 0.306 e. The maximum absolute atomic E-state index is 10.7. The van der Waals surface area contributed by atoms with Crippen molar-refractivity contribution in [2.75, 3.05) is 13.7 Å². The summed E-state index contributed by atoms with van der Waals surface area (Å²) < 4.78 is 4.95. The van der Waals surface area contributed by atoms with Crippen LogP contribution in [-0.4, -0.2) is 35.5 Å². The monoisotopic (exact) mass is 216 g/mol. The molecule has 4 heteroatoms. The fourth-order valence-electron chi connectivity index (χ4n) is 2.46. The Bertz CT molecular complexity index is 211. The first kappa shape index (κ1) is 12.5. The van der Waals surface area contributed by atoms with E-state index >= 15 is 0 Å². The number of hydrogen-bond acceptors (Lipinski definition) is 3. The van der Waals surface area contributed by atoms with Gasteiger partial charge in [0.1, 0.15) is 5.60 Å². The molecule has 1 rings (SSSR count). The zero-order valence-corrected chi connectivity index (χ0v) is 9.24. The van der Waals surface area contributed by atoms with Gasteiger partial charge < -0.3 is 14.9 Å². The normalized spacial score (nSPS) is 22.3. The van der Waals surface area contributed by atoms with Gasteiger partial charge in [0.25, 0.3) is 0 Å². The van der Waals surface area contributed by atoms with Gasteiger partial charge in [0.2, 0.25) is 0 Å². The van der Waals surface area contributed by atoms with Crippen LogP contribution < -0.4 is 0 Å². The molecular weight excluding hydrogens is 196 g/mol. The molecule has 1 aliphatic carbocycles. The minimum atomic E-state index is -1.18. The number of aliphatic hydroxyl groups is 1. The van der Waals surface area contributed by atoms with Crippen LogP contribution in [0.2, 0.25) is 0 Å². The van der Waals surface area contributed by atoms with Crippen LogP contribution in [0.4, 0.5) is 0 Å². The molecule has 1 unspecified atom stereocenters. The van der Waals surface area contributed by atoms with E-state index in [1.54, 1.807) is 0 Å². The second kappa shape index (κ2) is 5.47. The highest BCUT2D eigenvalue weighted by molar-refractivity contribution is 5.68. The lowest BCUT2D eigenvalue weighted by molar-refractivity contribution is -0.150. The van der Waals surface area contributed by atoms with Gasteiger partial charge in [-0.15, -0.1) is 0 Å². The van der Waals surface area contributed by atoms with Crippen LogP contribution in [0.5, 0.6) is 0 Å². The predicted molar refractivity (Wildman–Crippen MR) is 55.7 cm³/mol. The largest absolute Gasteiger partial charge is 0.481 e. The number of aliphatic carboxylic acids is 1. The van der Waals surface area contributed by atoms with Gasteiger partial charge in [0.15, 0.2) is 0 Å². The van der Waals surface area contributed by atoms with Crippen LogP contribution in [0, 0.1) is 5.92 Å². The van der Waals surface area contributed by atoms with Crippen LogP contribution in [-0.2, 0) is 9.53 Å². The van der Waals surface area contributed by atoms with Gasteiger partial charge in [-0.3, -0.25) is 4.79 Å². The van der Waals surface area contributed by atoms with E-state index in [0.717, 1.165) is 25.7 Å². The molecule has 88 valence electrons. The molecular formula is C11H20O4. The van der Waals surface area contributed by atoms with Gasteiger partial charge in [0.05, 0.1) is 13.0 Å². The number of rotatable bonds is 5. The molecule has 0 aromatic rings. The van der Waals surface area contributed by atoms with Gasteiger partial charge in [-0.25, -0.2) is 0 Å². The van der Waals surface area contributed by atoms with E-state index in [4.69, 9.17) is 9.84 Å². The summed E-state index contributed by atoms with van der Waals surface area (Å²) in [5.41, 5.74) is -1.18. The summed E-state index contributed by atoms with van der Waals surface area (Å²) in [6.45, 7) is 0.115. The number of carboxylic acids is 1. The average Bonchev–Trinajstić information content (AvgIpc) is 2.18. The molecule has 0 spiro atoms. The summed E-state index contributed by atoms with van der Waals surface area (Å²) in [6.07, 6.45) is 4.95. The van der Waals surface area contributed by atoms with E-state index < -0.39 is 11.6 Å². The third-order valence-electron chi connectivity index (χ3n) is 3.22. The molecule has 0 aliphatic heterocycles. The summed E-state index contributed by atoms with van der Waals surface area (Å²) in [5.74, 6) is -0.887. The first-order valence-corrected chi connectivity index (χ1v) is 5.51. The zero-order valence-electron chi connectivity index (χ0n) is 9.24. The third-order valence-corrected chi connectivity index (χ3v) is 3.22. The van der Waals surface area contributed by atoms with Crippen molar-refractivity contribution in [3.8, 4) is 0 Å². The van der Waals surface area contributed by atoms with Crippen LogP contribution >= 0.6 is 0 Å². The molecule has 1 saturated carbocycles. The van der Waals surface area contributed by atoms with E-state index in [-0.39, 0.29) is 18.9 Å². The summed E-state index contributed by atoms with van der Waals surface area (Å²) in [6, 6.07) is 0. The highest BCUT2D eigenvalue weighted by Crippen LogP contribution is 2.35. The highest BCUT2D eigenvalue weighted by Gasteiger charge is 2.39. The highest BCUT2D eigenvalue weighted by atomic mass is 16.5. The Morgan fingerprint density at radius 1 is 1.40 bits per heavy atom. The summed E-state index contributed by atoms with van der Waals surface area (Å²) >= 11 is 0. The Morgan fingerprint density at radius 3 is 2.47 bits per heavy atom. The standard InChI is InChI=1S/C11H20O4/c1-15-8-11(14,7-10(12)13)9-5-3-2-4-6-9/h9,14H,2-8H2,1H3,(H,12,13). The minimum absolute atomic E-state index is 0.0716. The summed E-state index contributed by atoms with van der Waals surface area (Å²) in [4.78, 5) is 10.7. The Labute approximate surface area is 90.2 Å². The number of carboxylic acid groups (broad SMARTS) is 1. The van der Waals surface area contributed by atoms with Crippen molar-refractivity contribution < 1.29 is 19.7 Å². The molecule has 15 heavy (non-hydrogen) atoms. The molecule has 0 radical (unpaired) electrons. The zero-order chi connectivity index (χ0) is 11.3. The Hall–Kier alpha value is -0.610. The summed E-state index contributed by atoms with van der Waals surface area (Å²) in [5, 5.41) is 19.1. The first-order chi connectivity index (χ1) is 7.08. The smallest absolute Gasteiger partial charge is 0.306 e. The first-order valence-electron chi connectivity index (χ1n) is 5.51. The molecule has 0 aromatic heterocycles. The molecule has 2 N–H and O–H groups in total. The topological polar surface area (TPSA) is 66.8 Å². The van der Waals surface area contributed by atoms with Crippen LogP contribution in [0.3, 0.4) is 0 Å². The van der Waals surface area contributed by atoms with Crippen LogP contribution in [0.15, 0.2) is 0 Å². The van der Waals surface area contributed by atoms with Crippen LogP contribution in [0.25, 0.3) is 0 Å². The van der Waals surface area contributed by atoms with Crippen molar-refractivity contribution in [3.63, 3.8) is 0 Å². The van der Waals surface area contributed by atoms with E-state index in [1.807, 2.05) is 0 Å². The lowest BCUT2D eigenvalue weighted by Crippen LogP contribution is -2.45. The molecule has 1 aliphatic rings. The lowest BCUT2D eigenvalue weighted by Gasteiger charge is -2.36. The molecule has 0 bridgehead atoms. The average molecular weight is 216 g/mol. The molecule has 4 nitrogen and oxygen atoms in total. The van der Waals surface area contributed by atoms with Gasteiger partial charge in [-0.05, 0) is 18.8 Å². The third kappa shape index (κ3) is 3.47. The van der Waals surface area contributed by atoms with Crippen molar-refractivity contribution in [2.24, 2.45) is 5.92 Å². The van der Waals surface area contributed by atoms with Gasteiger partial charge in [0, 0.05) is 7.11 Å². The number of hydrogen-bond donors (Lipinski definition) is 2. The molecule has 0 heterocycles. The van der Waals surface area contributed by atoms with Crippen LogP contribution in [0.1, 0.15) is 38.5 Å². The fourth-order valence-corrected chi connectivity index (χ4v) is 2.46. The molecule has 1 fully saturated rings. The Morgan fingerprint density at radius 2 is 2.00 bits per heavy atom. The van der Waals surface area contributed by atoms with E-state index in [1.165, 1.54) is 13.5 Å². The second-order valence-electron chi connectivity index (χ2n) is 4.44. The molecule has 1 atom stereocenters. The van der Waals surface area contributed by atoms with E-state index in [9.17, 15) is 9.90 Å². The Kier molecular flexibility index (Phi) is 4.54. The number of ether oxygens (including phenoxy) is 1. The second-order valence-corrected chi connectivity index (χ2v) is 4.44. The van der Waals surface area contributed by atoms with Crippen molar-refractivity contribution in [1.29, 1.82) is 0 Å². The van der Waals surface area contributed by atoms with Gasteiger partial charge in [-0.2, -0.15) is 0 Å². The number of methoxy groups -OCH3 is 1. The lowest BCUT2D eigenvalue weighted by atomic mass is 9.75. The minimum Gasteiger partial charge on any atom is -0.481 e. The molecule has 0 saturated heterocycles. The van der Waals surface area contributed by atoms with Crippen molar-refractivity contribution in [3.05, 3.63) is 0 Å². The van der Waals surface area contributed by atoms with Gasteiger partial charge in [-0.1, -0.05) is 19.3 Å². The summed E-state index contributed by atoms with van der Waals surface area (Å²) in [7, 11) is 1.50. The number of carbonyl (C=O) groups is 1. The molecule has 0 aromatic carbocycles. The maximum atomic E-state index is 10.7. The predicted octanol–water partition coefficient (Wildman–Crippen LogP) is 1.42. The van der Waals surface area contributed by atoms with E-state index in [0.29, 0.717) is 0 Å². The Balaban J connectivity index is 2.64. The van der Waals surface area contributed by atoms with Gasteiger partial charge >= 0.3 is 5.97 Å². The van der Waals surface area contributed by atoms with Crippen molar-refractivity contribution in [2.45, 2.75) is 44.1 Å². The quantitative estimate of drug-likeness (QED) is 0.729. The van der Waals surface area contributed by atoms with E-state index in [2.05, 4.69) is 0 Å². The SMILES string of the molecule is COCC(O)(CC(=O)O)C1CCCCC1. The van der Waals surface area contributed by atoms with Crippen molar-refractivity contribution >= 4 is 5.97 Å². The van der Waals surface area contributed by atoms with Crippen molar-refractivity contribution in [1.82, 2.24) is 0 Å². The fraction of sp³-hybridized carbons (Fsp3) is 0.909. The molecule has 0 amide bonds.